The minimum absolute atomic E-state index is 0.0113. The molecule has 0 aromatic heterocycles. The van der Waals surface area contributed by atoms with Crippen molar-refractivity contribution in [3.8, 4) is 5.75 Å². The van der Waals surface area contributed by atoms with Gasteiger partial charge in [0.1, 0.15) is 18.5 Å². The molecule has 0 radical (unpaired) electrons. The summed E-state index contributed by atoms with van der Waals surface area (Å²) in [5.74, 6) is -0.0743. The van der Waals surface area contributed by atoms with Gasteiger partial charge in [0.25, 0.3) is 11.8 Å². The molecule has 6 rings (SSSR count). The Bertz CT molecular complexity index is 815. The molecule has 0 bridgehead atoms. The van der Waals surface area contributed by atoms with Crippen LogP contribution in [0.4, 0.5) is 0 Å². The van der Waals surface area contributed by atoms with Crippen LogP contribution in [0.5, 0.6) is 5.75 Å². The van der Waals surface area contributed by atoms with E-state index in [1.807, 2.05) is 0 Å². The van der Waals surface area contributed by atoms with Gasteiger partial charge in [0.05, 0.1) is 68.6 Å². The van der Waals surface area contributed by atoms with Gasteiger partial charge in [0.15, 0.2) is 0 Å². The van der Waals surface area contributed by atoms with Crippen LogP contribution in [-0.4, -0.2) is 118 Å². The number of ether oxygens (including phenoxy) is 6. The van der Waals surface area contributed by atoms with E-state index in [0.717, 1.165) is 0 Å². The van der Waals surface area contributed by atoms with Crippen molar-refractivity contribution in [2.75, 3.05) is 65.8 Å². The summed E-state index contributed by atoms with van der Waals surface area (Å²) in [6.07, 6.45) is 0.190. The van der Waals surface area contributed by atoms with Crippen LogP contribution in [0, 0.1) is 0 Å². The molecule has 1 aromatic carbocycles. The lowest BCUT2D eigenvalue weighted by atomic mass is 10.1. The summed E-state index contributed by atoms with van der Waals surface area (Å²) < 4.78 is 32.8. The van der Waals surface area contributed by atoms with Gasteiger partial charge in [-0.2, -0.15) is 0 Å². The van der Waals surface area contributed by atoms with E-state index < -0.39 is 0 Å². The first-order valence-corrected chi connectivity index (χ1v) is 11.6. The number of amides is 2. The minimum atomic E-state index is -0.190. The number of para-hydroxylation sites is 1. The van der Waals surface area contributed by atoms with Crippen molar-refractivity contribution in [2.45, 2.75) is 30.5 Å². The van der Waals surface area contributed by atoms with Gasteiger partial charge in [-0.1, -0.05) is 6.07 Å². The van der Waals surface area contributed by atoms with Crippen LogP contribution in [0.3, 0.4) is 0 Å². The number of nitrogens with zero attached hydrogens (tertiary/aromatic N) is 2. The quantitative estimate of drug-likeness (QED) is 0.377. The summed E-state index contributed by atoms with van der Waals surface area (Å²) in [7, 11) is 0. The SMILES string of the molecule is O=C(c1cccc(C(=O)N(CC2CO2)CC2CO2)c1OCC1CO1)N(CC1CO1)CC1CO1. The number of benzene rings is 1. The van der Waals surface area contributed by atoms with E-state index in [-0.39, 0.29) is 42.3 Å². The van der Waals surface area contributed by atoms with Gasteiger partial charge in [-0.3, -0.25) is 9.59 Å². The lowest BCUT2D eigenvalue weighted by Gasteiger charge is -2.25. The van der Waals surface area contributed by atoms with Crippen LogP contribution >= 0.6 is 0 Å². The Morgan fingerprint density at radius 2 is 1.06 bits per heavy atom. The predicted octanol–water partition coefficient (Wildman–Crippen LogP) is -0.0562. The highest BCUT2D eigenvalue weighted by molar-refractivity contribution is 6.04. The van der Waals surface area contributed by atoms with Gasteiger partial charge in [-0.25, -0.2) is 0 Å². The minimum Gasteiger partial charge on any atom is -0.489 e. The number of epoxide rings is 5. The zero-order valence-electron chi connectivity index (χ0n) is 18.4. The van der Waals surface area contributed by atoms with Crippen LogP contribution in [0.25, 0.3) is 0 Å². The van der Waals surface area contributed by atoms with Gasteiger partial charge in [0, 0.05) is 26.2 Å². The molecule has 5 saturated heterocycles. The normalized spacial score (nSPS) is 30.4. The second-order valence-corrected chi connectivity index (χ2v) is 9.19. The Balaban J connectivity index is 1.28. The van der Waals surface area contributed by atoms with Crippen molar-refractivity contribution in [3.05, 3.63) is 29.3 Å². The molecule has 10 heteroatoms. The number of hydrogen-bond donors (Lipinski definition) is 0. The Labute approximate surface area is 191 Å². The molecular weight excluding hydrogens is 432 g/mol. The number of carbonyl (C=O) groups excluding carboxylic acids is 2. The van der Waals surface area contributed by atoms with Crippen molar-refractivity contribution in [2.24, 2.45) is 0 Å². The van der Waals surface area contributed by atoms with E-state index in [4.69, 9.17) is 28.4 Å². The van der Waals surface area contributed by atoms with Crippen molar-refractivity contribution in [1.29, 1.82) is 0 Å². The van der Waals surface area contributed by atoms with Crippen molar-refractivity contribution in [1.82, 2.24) is 9.80 Å². The third-order valence-corrected chi connectivity index (χ3v) is 6.17. The maximum atomic E-state index is 13.6. The first-order valence-electron chi connectivity index (χ1n) is 11.6. The molecule has 0 aliphatic carbocycles. The van der Waals surface area contributed by atoms with E-state index in [2.05, 4.69) is 0 Å². The highest BCUT2D eigenvalue weighted by Gasteiger charge is 2.37. The molecule has 5 aliphatic rings. The molecule has 5 aliphatic heterocycles. The van der Waals surface area contributed by atoms with Crippen LogP contribution in [0.15, 0.2) is 18.2 Å². The van der Waals surface area contributed by atoms with E-state index in [1.54, 1.807) is 28.0 Å². The first kappa shape index (κ1) is 21.3. The second kappa shape index (κ2) is 8.84. The number of carbonyl (C=O) groups is 2. The molecule has 0 saturated carbocycles. The van der Waals surface area contributed by atoms with Crippen LogP contribution < -0.4 is 4.74 Å². The zero-order valence-corrected chi connectivity index (χ0v) is 18.4. The van der Waals surface area contributed by atoms with Gasteiger partial charge in [-0.05, 0) is 12.1 Å². The Morgan fingerprint density at radius 1 is 0.697 bits per heavy atom. The summed E-state index contributed by atoms with van der Waals surface area (Å²) in [6.45, 7) is 5.48. The third-order valence-electron chi connectivity index (χ3n) is 6.17. The monoisotopic (exact) mass is 460 g/mol. The number of hydrogen-bond acceptors (Lipinski definition) is 8. The van der Waals surface area contributed by atoms with E-state index in [0.29, 0.717) is 82.7 Å². The van der Waals surface area contributed by atoms with E-state index in [9.17, 15) is 9.59 Å². The molecule has 5 unspecified atom stereocenters. The average molecular weight is 460 g/mol. The highest BCUT2D eigenvalue weighted by atomic mass is 16.6. The molecule has 5 fully saturated rings. The maximum Gasteiger partial charge on any atom is 0.257 e. The van der Waals surface area contributed by atoms with Gasteiger partial charge in [-0.15, -0.1) is 0 Å². The fourth-order valence-corrected chi connectivity index (χ4v) is 3.87. The fourth-order valence-electron chi connectivity index (χ4n) is 3.87. The topological polar surface area (TPSA) is 112 Å². The largest absolute Gasteiger partial charge is 0.489 e. The maximum absolute atomic E-state index is 13.6. The molecule has 0 spiro atoms. The molecular formula is C23H28N2O8. The average Bonchev–Trinajstić information content (AvgIpc) is 3.61. The van der Waals surface area contributed by atoms with Crippen molar-refractivity contribution >= 4 is 11.8 Å². The summed E-state index contributed by atoms with van der Waals surface area (Å²) in [5.41, 5.74) is 0.737. The van der Waals surface area contributed by atoms with E-state index in [1.165, 1.54) is 0 Å². The van der Waals surface area contributed by atoms with Crippen molar-refractivity contribution in [3.63, 3.8) is 0 Å². The first-order chi connectivity index (χ1) is 16.1. The molecule has 10 nitrogen and oxygen atoms in total. The molecule has 2 amide bonds. The van der Waals surface area contributed by atoms with Crippen molar-refractivity contribution < 1.29 is 38.0 Å². The fraction of sp³-hybridized carbons (Fsp3) is 0.652. The number of rotatable bonds is 13. The lowest BCUT2D eigenvalue weighted by Crippen LogP contribution is -2.39. The zero-order chi connectivity index (χ0) is 22.4. The molecule has 0 N–H and O–H groups in total. The molecule has 5 heterocycles. The van der Waals surface area contributed by atoms with Crippen LogP contribution in [-0.2, 0) is 23.7 Å². The summed E-state index contributed by atoms with van der Waals surface area (Å²) >= 11 is 0. The standard InChI is InChI=1S/C23H28N2O8/c26-22(24(4-14-8-28-14)5-15-9-29-15)19-2-1-3-20(21(19)33-13-18-12-32-18)23(27)25(6-16-10-30-16)7-17-11-31-17/h1-3,14-18H,4-13H2. The van der Waals surface area contributed by atoms with Gasteiger partial charge >= 0.3 is 0 Å². The Kier molecular flexibility index (Phi) is 5.71. The molecule has 5 atom stereocenters. The molecule has 178 valence electrons. The highest BCUT2D eigenvalue weighted by Crippen LogP contribution is 2.30. The third kappa shape index (κ3) is 5.64. The summed E-state index contributed by atoms with van der Waals surface area (Å²) in [6, 6.07) is 5.17. The second-order valence-electron chi connectivity index (χ2n) is 9.19. The van der Waals surface area contributed by atoms with Gasteiger partial charge in [0.2, 0.25) is 0 Å². The van der Waals surface area contributed by atoms with Crippen LogP contribution in [0.2, 0.25) is 0 Å². The van der Waals surface area contributed by atoms with E-state index >= 15 is 0 Å². The molecule has 33 heavy (non-hydrogen) atoms. The Morgan fingerprint density at radius 3 is 1.39 bits per heavy atom. The smallest absolute Gasteiger partial charge is 0.257 e. The summed E-state index contributed by atoms with van der Waals surface area (Å²) in [4.78, 5) is 30.7. The Hall–Kier alpha value is -2.24. The molecule has 1 aromatic rings. The summed E-state index contributed by atoms with van der Waals surface area (Å²) in [5, 5.41) is 0. The van der Waals surface area contributed by atoms with Gasteiger partial charge < -0.3 is 38.2 Å². The predicted molar refractivity (Wildman–Crippen MR) is 112 cm³/mol. The van der Waals surface area contributed by atoms with Crippen LogP contribution in [0.1, 0.15) is 20.7 Å². The lowest BCUT2D eigenvalue weighted by molar-refractivity contribution is 0.0716.